The van der Waals surface area contributed by atoms with E-state index in [2.05, 4.69) is 10.6 Å². The normalized spacial score (nSPS) is 12.7. The molecule has 2 amide bonds. The summed E-state index contributed by atoms with van der Waals surface area (Å²) in [7, 11) is 0. The molecule has 2 aromatic carbocycles. The fourth-order valence-electron chi connectivity index (χ4n) is 2.50. The summed E-state index contributed by atoms with van der Waals surface area (Å²) in [5, 5.41) is 5.42. The maximum Gasteiger partial charge on any atom is 0.251 e. The monoisotopic (exact) mass is 316 g/mol. The number of nitrogens with one attached hydrogen (secondary N) is 2. The quantitative estimate of drug-likeness (QED) is 0.910. The van der Waals surface area contributed by atoms with E-state index in [0.29, 0.717) is 19.4 Å². The fourth-order valence-corrected chi connectivity index (χ4v) is 2.50. The summed E-state index contributed by atoms with van der Waals surface area (Å²) in [6.45, 7) is 0.359. The van der Waals surface area contributed by atoms with Crippen molar-refractivity contribution < 1.29 is 18.4 Å². The highest BCUT2D eigenvalue weighted by atomic mass is 19.2. The number of hydrogen-bond donors (Lipinski definition) is 2. The lowest BCUT2D eigenvalue weighted by Gasteiger charge is -2.07. The summed E-state index contributed by atoms with van der Waals surface area (Å²) >= 11 is 0. The van der Waals surface area contributed by atoms with E-state index in [1.54, 1.807) is 0 Å². The van der Waals surface area contributed by atoms with Gasteiger partial charge in [0, 0.05) is 17.8 Å². The van der Waals surface area contributed by atoms with E-state index in [-0.39, 0.29) is 11.5 Å². The summed E-state index contributed by atoms with van der Waals surface area (Å²) in [4.78, 5) is 23.2. The number of amides is 2. The molecule has 0 saturated carbocycles. The lowest BCUT2D eigenvalue weighted by molar-refractivity contribution is -0.115. The van der Waals surface area contributed by atoms with Gasteiger partial charge in [-0.3, -0.25) is 9.59 Å². The van der Waals surface area contributed by atoms with E-state index < -0.39 is 17.5 Å². The molecule has 2 aromatic rings. The Balaban J connectivity index is 1.57. The van der Waals surface area contributed by atoms with Crippen LogP contribution >= 0.6 is 0 Å². The molecular weight excluding hydrogens is 302 g/mol. The van der Waals surface area contributed by atoms with Gasteiger partial charge in [-0.2, -0.15) is 0 Å². The van der Waals surface area contributed by atoms with Crippen LogP contribution in [0.5, 0.6) is 0 Å². The van der Waals surface area contributed by atoms with Gasteiger partial charge in [0.2, 0.25) is 5.91 Å². The third kappa shape index (κ3) is 3.36. The van der Waals surface area contributed by atoms with Crippen LogP contribution in [-0.2, 0) is 17.6 Å². The first-order valence-electron chi connectivity index (χ1n) is 7.18. The zero-order valence-electron chi connectivity index (χ0n) is 12.2. The highest BCUT2D eigenvalue weighted by Crippen LogP contribution is 2.23. The van der Waals surface area contributed by atoms with E-state index in [4.69, 9.17) is 0 Å². The van der Waals surface area contributed by atoms with Crippen LogP contribution in [0.2, 0.25) is 0 Å². The van der Waals surface area contributed by atoms with Gasteiger partial charge in [0.15, 0.2) is 11.6 Å². The summed E-state index contributed by atoms with van der Waals surface area (Å²) in [5.41, 5.74) is 2.84. The molecule has 0 aliphatic carbocycles. The van der Waals surface area contributed by atoms with Crippen molar-refractivity contribution in [3.8, 4) is 0 Å². The maximum absolute atomic E-state index is 13.1. The van der Waals surface area contributed by atoms with Crippen molar-refractivity contribution in [3.63, 3.8) is 0 Å². The molecule has 1 aliphatic heterocycles. The fraction of sp³-hybridized carbons (Fsp3) is 0.176. The molecule has 1 aliphatic rings. The number of carbonyl (C=O) groups is 2. The standard InChI is InChI=1S/C17H14F2N2O2/c18-13-3-2-11(8-14(13)19)17(23)20-6-5-10-1-4-15-12(7-10)9-16(22)21-15/h1-4,7-8H,5-6,9H2,(H,20,23)(H,21,22). The topological polar surface area (TPSA) is 58.2 Å². The third-order valence-electron chi connectivity index (χ3n) is 3.68. The largest absolute Gasteiger partial charge is 0.352 e. The second-order valence-corrected chi connectivity index (χ2v) is 5.35. The lowest BCUT2D eigenvalue weighted by atomic mass is 10.1. The van der Waals surface area contributed by atoms with Crippen molar-refractivity contribution in [3.05, 3.63) is 64.7 Å². The van der Waals surface area contributed by atoms with E-state index in [1.165, 1.54) is 6.07 Å². The first-order valence-corrected chi connectivity index (χ1v) is 7.18. The van der Waals surface area contributed by atoms with Crippen LogP contribution in [0.15, 0.2) is 36.4 Å². The molecule has 0 radical (unpaired) electrons. The van der Waals surface area contributed by atoms with Gasteiger partial charge < -0.3 is 10.6 Å². The zero-order valence-corrected chi connectivity index (χ0v) is 12.2. The Labute approximate surface area is 131 Å². The molecule has 0 fully saturated rings. The first-order chi connectivity index (χ1) is 11.0. The third-order valence-corrected chi connectivity index (χ3v) is 3.68. The minimum absolute atomic E-state index is 0.0243. The lowest BCUT2D eigenvalue weighted by Crippen LogP contribution is -2.25. The molecule has 0 bridgehead atoms. The van der Waals surface area contributed by atoms with Gasteiger partial charge in [-0.1, -0.05) is 12.1 Å². The Morgan fingerprint density at radius 2 is 1.96 bits per heavy atom. The molecule has 1 heterocycles. The number of fused-ring (bicyclic) bond motifs is 1. The van der Waals surface area contributed by atoms with E-state index in [1.807, 2.05) is 18.2 Å². The predicted octanol–water partition coefficient (Wildman–Crippen LogP) is 2.43. The van der Waals surface area contributed by atoms with Gasteiger partial charge in [0.25, 0.3) is 5.91 Å². The van der Waals surface area contributed by atoms with Crippen molar-refractivity contribution in [2.75, 3.05) is 11.9 Å². The van der Waals surface area contributed by atoms with Crippen molar-refractivity contribution in [1.29, 1.82) is 0 Å². The Hall–Kier alpha value is -2.76. The minimum Gasteiger partial charge on any atom is -0.352 e. The maximum atomic E-state index is 13.1. The van der Waals surface area contributed by atoms with Crippen LogP contribution in [0.3, 0.4) is 0 Å². The Morgan fingerprint density at radius 1 is 1.13 bits per heavy atom. The van der Waals surface area contributed by atoms with E-state index in [0.717, 1.165) is 28.9 Å². The molecule has 0 saturated heterocycles. The SMILES string of the molecule is O=C1Cc2cc(CCNC(=O)c3ccc(F)c(F)c3)ccc2N1. The minimum atomic E-state index is -1.05. The van der Waals surface area contributed by atoms with Crippen molar-refractivity contribution >= 4 is 17.5 Å². The molecule has 118 valence electrons. The van der Waals surface area contributed by atoms with Crippen molar-refractivity contribution in [2.45, 2.75) is 12.8 Å². The highest BCUT2D eigenvalue weighted by Gasteiger charge is 2.17. The summed E-state index contributed by atoms with van der Waals surface area (Å²) in [5.74, 6) is -2.51. The molecule has 0 spiro atoms. The number of rotatable bonds is 4. The number of hydrogen-bond acceptors (Lipinski definition) is 2. The summed E-state index contributed by atoms with van der Waals surface area (Å²) < 4.78 is 25.9. The molecular formula is C17H14F2N2O2. The van der Waals surface area contributed by atoms with Crippen molar-refractivity contribution in [2.24, 2.45) is 0 Å². The Kier molecular flexibility index (Phi) is 4.06. The average molecular weight is 316 g/mol. The van der Waals surface area contributed by atoms with Crippen molar-refractivity contribution in [1.82, 2.24) is 5.32 Å². The van der Waals surface area contributed by atoms with E-state index >= 15 is 0 Å². The molecule has 0 aromatic heterocycles. The van der Waals surface area contributed by atoms with Gasteiger partial charge >= 0.3 is 0 Å². The highest BCUT2D eigenvalue weighted by molar-refractivity contribution is 5.99. The zero-order chi connectivity index (χ0) is 16.4. The van der Waals surface area contributed by atoms with Crippen LogP contribution in [-0.4, -0.2) is 18.4 Å². The first kappa shape index (κ1) is 15.1. The smallest absolute Gasteiger partial charge is 0.251 e. The average Bonchev–Trinajstić information content (AvgIpc) is 2.89. The molecule has 23 heavy (non-hydrogen) atoms. The molecule has 6 heteroatoms. The Bertz CT molecular complexity index is 790. The van der Waals surface area contributed by atoms with Crippen LogP contribution in [0.1, 0.15) is 21.5 Å². The van der Waals surface area contributed by atoms with Crippen LogP contribution in [0, 0.1) is 11.6 Å². The van der Waals surface area contributed by atoms with Crippen LogP contribution in [0.25, 0.3) is 0 Å². The second-order valence-electron chi connectivity index (χ2n) is 5.35. The van der Waals surface area contributed by atoms with Gasteiger partial charge in [-0.15, -0.1) is 0 Å². The summed E-state index contributed by atoms with van der Waals surface area (Å²) in [6, 6.07) is 8.68. The number of benzene rings is 2. The van der Waals surface area contributed by atoms with Crippen LogP contribution < -0.4 is 10.6 Å². The number of halogens is 2. The van der Waals surface area contributed by atoms with Gasteiger partial charge in [-0.25, -0.2) is 8.78 Å². The number of anilines is 1. The molecule has 0 atom stereocenters. The molecule has 2 N–H and O–H groups in total. The molecule has 0 unspecified atom stereocenters. The summed E-state index contributed by atoms with van der Waals surface area (Å²) in [6.07, 6.45) is 0.946. The molecule has 3 rings (SSSR count). The number of carbonyl (C=O) groups excluding carboxylic acids is 2. The van der Waals surface area contributed by atoms with Gasteiger partial charge in [0.1, 0.15) is 0 Å². The van der Waals surface area contributed by atoms with E-state index in [9.17, 15) is 18.4 Å². The Morgan fingerprint density at radius 3 is 2.74 bits per heavy atom. The van der Waals surface area contributed by atoms with Crippen LogP contribution in [0.4, 0.5) is 14.5 Å². The van der Waals surface area contributed by atoms with Gasteiger partial charge in [0.05, 0.1) is 6.42 Å². The van der Waals surface area contributed by atoms with Gasteiger partial charge in [-0.05, 0) is 41.8 Å². The second kappa shape index (κ2) is 6.16. The molecule has 4 nitrogen and oxygen atoms in total. The predicted molar refractivity (Wildman–Crippen MR) is 81.2 cm³/mol.